The minimum atomic E-state index is -0.485. The molecular weight excluding hydrogens is 255 g/mol. The maximum atomic E-state index is 13.3. The van der Waals surface area contributed by atoms with Crippen LogP contribution < -0.4 is 4.74 Å². The average molecular weight is 272 g/mol. The van der Waals surface area contributed by atoms with E-state index in [-0.39, 0.29) is 5.56 Å². The average Bonchev–Trinajstić information content (AvgIpc) is 2.46. The minimum absolute atomic E-state index is 0.260. The van der Waals surface area contributed by atoms with Crippen molar-refractivity contribution in [3.63, 3.8) is 0 Å². The summed E-state index contributed by atoms with van der Waals surface area (Å²) in [5.41, 5.74) is 1.50. The van der Waals surface area contributed by atoms with Crippen LogP contribution in [0.2, 0.25) is 0 Å². The van der Waals surface area contributed by atoms with Crippen molar-refractivity contribution in [1.82, 2.24) is 0 Å². The van der Waals surface area contributed by atoms with E-state index in [9.17, 15) is 9.18 Å². The molecule has 1 atom stereocenters. The van der Waals surface area contributed by atoms with Gasteiger partial charge in [-0.05, 0) is 42.2 Å². The lowest BCUT2D eigenvalue weighted by Gasteiger charge is -2.11. The van der Waals surface area contributed by atoms with Crippen molar-refractivity contribution in [3.05, 3.63) is 59.4 Å². The largest absolute Gasteiger partial charge is 0.457 e. The van der Waals surface area contributed by atoms with Crippen LogP contribution in [0.5, 0.6) is 11.5 Å². The number of hydrogen-bond acceptors (Lipinski definition) is 2. The molecule has 2 nitrogen and oxygen atoms in total. The maximum Gasteiger partial charge on any atom is 0.150 e. The number of aldehydes is 1. The predicted molar refractivity (Wildman–Crippen MR) is 77.0 cm³/mol. The van der Waals surface area contributed by atoms with E-state index in [4.69, 9.17) is 4.74 Å². The van der Waals surface area contributed by atoms with Crippen molar-refractivity contribution in [2.45, 2.75) is 26.2 Å². The number of rotatable bonds is 5. The third-order valence-corrected chi connectivity index (χ3v) is 3.33. The lowest BCUT2D eigenvalue weighted by atomic mass is 9.99. The van der Waals surface area contributed by atoms with Crippen LogP contribution in [0.4, 0.5) is 4.39 Å². The Morgan fingerprint density at radius 1 is 1.15 bits per heavy atom. The molecule has 0 aliphatic carbocycles. The van der Waals surface area contributed by atoms with Crippen LogP contribution >= 0.6 is 0 Å². The molecule has 0 heterocycles. The molecule has 0 aliphatic heterocycles. The highest BCUT2D eigenvalue weighted by Crippen LogP contribution is 2.26. The van der Waals surface area contributed by atoms with Crippen molar-refractivity contribution in [2.24, 2.45) is 0 Å². The molecule has 20 heavy (non-hydrogen) atoms. The molecule has 1 unspecified atom stereocenters. The van der Waals surface area contributed by atoms with Crippen LogP contribution in [0.15, 0.2) is 42.5 Å². The fourth-order valence-electron chi connectivity index (χ4n) is 1.95. The summed E-state index contributed by atoms with van der Waals surface area (Å²) in [4.78, 5) is 10.7. The number of ether oxygens (including phenoxy) is 1. The summed E-state index contributed by atoms with van der Waals surface area (Å²) in [6, 6.07) is 11.7. The topological polar surface area (TPSA) is 26.3 Å². The van der Waals surface area contributed by atoms with E-state index in [0.29, 0.717) is 23.7 Å². The highest BCUT2D eigenvalue weighted by Gasteiger charge is 2.05. The van der Waals surface area contributed by atoms with E-state index in [1.807, 2.05) is 24.3 Å². The summed E-state index contributed by atoms with van der Waals surface area (Å²) in [5.74, 6) is 0.962. The number of hydrogen-bond donors (Lipinski definition) is 0. The van der Waals surface area contributed by atoms with Gasteiger partial charge < -0.3 is 4.74 Å². The molecule has 2 aromatic rings. The fourth-order valence-corrected chi connectivity index (χ4v) is 1.95. The molecule has 0 aromatic heterocycles. The highest BCUT2D eigenvalue weighted by atomic mass is 19.1. The third-order valence-electron chi connectivity index (χ3n) is 3.33. The molecule has 104 valence electrons. The van der Waals surface area contributed by atoms with Crippen molar-refractivity contribution in [1.29, 1.82) is 0 Å². The standard InChI is InChI=1S/C17H17FO2/c1-3-12(2)14-4-6-16(7-5-14)20-17-9-13(11-19)8-15(18)10-17/h4-12H,3H2,1-2H3. The van der Waals surface area contributed by atoms with E-state index >= 15 is 0 Å². The van der Waals surface area contributed by atoms with E-state index in [2.05, 4.69) is 13.8 Å². The van der Waals surface area contributed by atoms with Crippen LogP contribution in [0.1, 0.15) is 42.1 Å². The summed E-state index contributed by atoms with van der Waals surface area (Å²) in [6.45, 7) is 4.31. The quantitative estimate of drug-likeness (QED) is 0.720. The van der Waals surface area contributed by atoms with Gasteiger partial charge >= 0.3 is 0 Å². The van der Waals surface area contributed by atoms with Crippen molar-refractivity contribution in [2.75, 3.05) is 0 Å². The summed E-state index contributed by atoms with van der Waals surface area (Å²) >= 11 is 0. The molecule has 0 amide bonds. The normalized spacial score (nSPS) is 11.9. The van der Waals surface area contributed by atoms with Crippen LogP contribution in [-0.4, -0.2) is 6.29 Å². The zero-order chi connectivity index (χ0) is 14.5. The molecule has 0 saturated carbocycles. The molecule has 0 aliphatic rings. The SMILES string of the molecule is CCC(C)c1ccc(Oc2cc(F)cc(C=O)c2)cc1. The van der Waals surface area contributed by atoms with Gasteiger partial charge in [0, 0.05) is 11.6 Å². The van der Waals surface area contributed by atoms with Crippen molar-refractivity contribution < 1.29 is 13.9 Å². The van der Waals surface area contributed by atoms with Gasteiger partial charge in [-0.25, -0.2) is 4.39 Å². The molecule has 0 spiro atoms. The van der Waals surface area contributed by atoms with Crippen LogP contribution in [-0.2, 0) is 0 Å². The molecular formula is C17H17FO2. The lowest BCUT2D eigenvalue weighted by Crippen LogP contribution is -1.92. The zero-order valence-electron chi connectivity index (χ0n) is 11.6. The number of halogens is 1. The molecule has 2 aromatic carbocycles. The summed E-state index contributed by atoms with van der Waals surface area (Å²) in [7, 11) is 0. The molecule has 0 radical (unpaired) electrons. The summed E-state index contributed by atoms with van der Waals surface area (Å²) in [5, 5.41) is 0. The van der Waals surface area contributed by atoms with Gasteiger partial charge in [-0.15, -0.1) is 0 Å². The number of carbonyl (C=O) groups excluding carboxylic acids is 1. The van der Waals surface area contributed by atoms with Gasteiger partial charge in [0.1, 0.15) is 23.6 Å². The molecule has 0 saturated heterocycles. The van der Waals surface area contributed by atoms with Crippen molar-refractivity contribution >= 4 is 6.29 Å². The highest BCUT2D eigenvalue weighted by molar-refractivity contribution is 5.75. The van der Waals surface area contributed by atoms with Gasteiger partial charge in [0.25, 0.3) is 0 Å². The Morgan fingerprint density at radius 3 is 2.45 bits per heavy atom. The Balaban J connectivity index is 2.17. The first-order chi connectivity index (χ1) is 9.62. The second kappa shape index (κ2) is 6.33. The lowest BCUT2D eigenvalue weighted by molar-refractivity contribution is 0.112. The predicted octanol–water partition coefficient (Wildman–Crippen LogP) is 4.94. The van der Waals surface area contributed by atoms with E-state index in [0.717, 1.165) is 6.42 Å². The Morgan fingerprint density at radius 2 is 1.85 bits per heavy atom. The second-order valence-corrected chi connectivity index (χ2v) is 4.82. The van der Waals surface area contributed by atoms with Crippen LogP contribution in [0, 0.1) is 5.82 Å². The molecule has 0 N–H and O–H groups in total. The first-order valence-corrected chi connectivity index (χ1v) is 6.66. The van der Waals surface area contributed by atoms with Gasteiger partial charge in [-0.1, -0.05) is 26.0 Å². The Kier molecular flexibility index (Phi) is 4.51. The van der Waals surface area contributed by atoms with Gasteiger partial charge in [0.2, 0.25) is 0 Å². The van der Waals surface area contributed by atoms with Crippen LogP contribution in [0.25, 0.3) is 0 Å². The van der Waals surface area contributed by atoms with E-state index in [1.54, 1.807) is 0 Å². The number of benzene rings is 2. The Bertz CT molecular complexity index is 590. The summed E-state index contributed by atoms with van der Waals surface area (Å²) in [6.07, 6.45) is 1.68. The summed E-state index contributed by atoms with van der Waals surface area (Å²) < 4.78 is 18.9. The monoisotopic (exact) mass is 272 g/mol. The first kappa shape index (κ1) is 14.3. The first-order valence-electron chi connectivity index (χ1n) is 6.66. The van der Waals surface area contributed by atoms with Gasteiger partial charge in [-0.2, -0.15) is 0 Å². The molecule has 0 bridgehead atoms. The Hall–Kier alpha value is -2.16. The van der Waals surface area contributed by atoms with E-state index < -0.39 is 5.82 Å². The molecule has 2 rings (SSSR count). The number of carbonyl (C=O) groups is 1. The zero-order valence-corrected chi connectivity index (χ0v) is 11.6. The molecule has 3 heteroatoms. The molecule has 0 fully saturated rings. The van der Waals surface area contributed by atoms with Crippen LogP contribution in [0.3, 0.4) is 0 Å². The minimum Gasteiger partial charge on any atom is -0.457 e. The van der Waals surface area contributed by atoms with Crippen molar-refractivity contribution in [3.8, 4) is 11.5 Å². The third kappa shape index (κ3) is 3.44. The van der Waals surface area contributed by atoms with Gasteiger partial charge in [-0.3, -0.25) is 4.79 Å². The second-order valence-electron chi connectivity index (χ2n) is 4.82. The maximum absolute atomic E-state index is 13.3. The van der Waals surface area contributed by atoms with Gasteiger partial charge in [0.05, 0.1) is 0 Å². The Labute approximate surface area is 118 Å². The fraction of sp³-hybridized carbons (Fsp3) is 0.235. The van der Waals surface area contributed by atoms with E-state index in [1.165, 1.54) is 23.8 Å². The smallest absolute Gasteiger partial charge is 0.150 e. The van der Waals surface area contributed by atoms with Gasteiger partial charge in [0.15, 0.2) is 0 Å².